The van der Waals surface area contributed by atoms with E-state index in [9.17, 15) is 0 Å². The molecule has 3 rings (SSSR count). The zero-order valence-corrected chi connectivity index (χ0v) is 14.1. The lowest BCUT2D eigenvalue weighted by Gasteiger charge is -2.26. The van der Waals surface area contributed by atoms with Gasteiger partial charge in [0.05, 0.1) is 0 Å². The minimum Gasteiger partial charge on any atom is -0.305 e. The molecular weight excluding hydrogens is 362 g/mol. The van der Waals surface area contributed by atoms with E-state index in [1.54, 1.807) is 11.3 Å². The fraction of sp³-hybridized carbons (Fsp3) is 0.286. The normalized spacial score (nSPS) is 18.3. The number of thioether (sulfide) groups is 1. The zero-order chi connectivity index (χ0) is 13.2. The van der Waals surface area contributed by atoms with Gasteiger partial charge in [0, 0.05) is 37.2 Å². The summed E-state index contributed by atoms with van der Waals surface area (Å²) in [5, 5.41) is 6.60. The number of benzene rings is 1. The van der Waals surface area contributed by atoms with Gasteiger partial charge in [0.1, 0.15) is 0 Å². The van der Waals surface area contributed by atoms with E-state index >= 15 is 0 Å². The summed E-state index contributed by atoms with van der Waals surface area (Å²) in [6, 6.07) is 8.80. The highest BCUT2D eigenvalue weighted by Crippen LogP contribution is 2.37. The molecule has 1 aliphatic heterocycles. The van der Waals surface area contributed by atoms with E-state index in [0.29, 0.717) is 6.04 Å². The number of hydrogen-bond donors (Lipinski definition) is 1. The van der Waals surface area contributed by atoms with Crippen molar-refractivity contribution in [1.29, 1.82) is 0 Å². The van der Waals surface area contributed by atoms with Gasteiger partial charge in [-0.1, -0.05) is 11.6 Å². The first-order valence-electron chi connectivity index (χ1n) is 6.11. The highest BCUT2D eigenvalue weighted by molar-refractivity contribution is 9.10. The van der Waals surface area contributed by atoms with Crippen molar-refractivity contribution in [2.75, 3.05) is 5.75 Å². The molecule has 5 heteroatoms. The first-order chi connectivity index (χ1) is 9.22. The maximum Gasteiger partial charge on any atom is 0.0410 e. The van der Waals surface area contributed by atoms with Crippen LogP contribution in [-0.2, 0) is 6.54 Å². The van der Waals surface area contributed by atoms with Crippen LogP contribution < -0.4 is 5.32 Å². The molecule has 0 fully saturated rings. The summed E-state index contributed by atoms with van der Waals surface area (Å²) in [6.07, 6.45) is 1.16. The van der Waals surface area contributed by atoms with Gasteiger partial charge in [0.25, 0.3) is 0 Å². The number of nitrogens with one attached hydrogen (secondary N) is 1. The van der Waals surface area contributed by atoms with E-state index in [1.165, 1.54) is 21.1 Å². The van der Waals surface area contributed by atoms with Gasteiger partial charge in [-0.3, -0.25) is 0 Å². The molecule has 100 valence electrons. The Bertz CT molecular complexity index is 585. The van der Waals surface area contributed by atoms with Crippen molar-refractivity contribution in [2.24, 2.45) is 0 Å². The van der Waals surface area contributed by atoms with Crippen molar-refractivity contribution in [3.05, 3.63) is 49.6 Å². The maximum absolute atomic E-state index is 6.12. The summed E-state index contributed by atoms with van der Waals surface area (Å²) in [5.41, 5.74) is 1.35. The van der Waals surface area contributed by atoms with Crippen LogP contribution in [0.3, 0.4) is 0 Å². The lowest BCUT2D eigenvalue weighted by Crippen LogP contribution is -2.23. The smallest absolute Gasteiger partial charge is 0.0410 e. The Balaban J connectivity index is 1.74. The minimum absolute atomic E-state index is 0.413. The van der Waals surface area contributed by atoms with Crippen molar-refractivity contribution in [1.82, 2.24) is 5.32 Å². The molecule has 0 saturated heterocycles. The van der Waals surface area contributed by atoms with Crippen LogP contribution in [0.2, 0.25) is 5.02 Å². The fourth-order valence-corrected chi connectivity index (χ4v) is 4.94. The molecule has 2 heterocycles. The largest absolute Gasteiger partial charge is 0.305 e. The van der Waals surface area contributed by atoms with Gasteiger partial charge in [0.2, 0.25) is 0 Å². The zero-order valence-electron chi connectivity index (χ0n) is 10.2. The van der Waals surface area contributed by atoms with Gasteiger partial charge in [-0.2, -0.15) is 0 Å². The van der Waals surface area contributed by atoms with E-state index in [4.69, 9.17) is 11.6 Å². The standard InChI is InChI=1S/C14H13BrClNS2/c15-9-5-11(19-8-9)7-17-13-3-4-18-14-2-1-10(16)6-12(13)14/h1-2,5-6,8,13,17H,3-4,7H2. The Morgan fingerprint density at radius 1 is 1.37 bits per heavy atom. The Kier molecular flexibility index (Phi) is 4.54. The van der Waals surface area contributed by atoms with Crippen LogP contribution in [0.15, 0.2) is 39.0 Å². The molecule has 0 spiro atoms. The SMILES string of the molecule is Clc1ccc2c(c1)C(NCc1cc(Br)cs1)CCS2. The summed E-state index contributed by atoms with van der Waals surface area (Å²) in [4.78, 5) is 2.72. The van der Waals surface area contributed by atoms with E-state index in [1.807, 2.05) is 17.8 Å². The average Bonchev–Trinajstić information content (AvgIpc) is 2.82. The molecule has 19 heavy (non-hydrogen) atoms. The third kappa shape index (κ3) is 3.37. The molecule has 0 bridgehead atoms. The van der Waals surface area contributed by atoms with Crippen LogP contribution in [0.5, 0.6) is 0 Å². The molecule has 1 unspecified atom stereocenters. The second kappa shape index (κ2) is 6.19. The van der Waals surface area contributed by atoms with E-state index in [-0.39, 0.29) is 0 Å². The molecule has 0 radical (unpaired) electrons. The second-order valence-corrected chi connectivity index (χ2v) is 7.97. The van der Waals surface area contributed by atoms with Gasteiger partial charge in [-0.25, -0.2) is 0 Å². The number of hydrogen-bond acceptors (Lipinski definition) is 3. The lowest BCUT2D eigenvalue weighted by atomic mass is 10.0. The predicted octanol–water partition coefficient (Wildman–Crippen LogP) is 5.49. The van der Waals surface area contributed by atoms with Crippen molar-refractivity contribution in [3.8, 4) is 0 Å². The van der Waals surface area contributed by atoms with Crippen molar-refractivity contribution in [2.45, 2.75) is 23.9 Å². The molecule has 1 aromatic carbocycles. The molecule has 1 nitrogen and oxygen atoms in total. The number of fused-ring (bicyclic) bond motifs is 1. The molecule has 1 N–H and O–H groups in total. The molecule has 0 saturated carbocycles. The van der Waals surface area contributed by atoms with Gasteiger partial charge >= 0.3 is 0 Å². The predicted molar refractivity (Wildman–Crippen MR) is 88.4 cm³/mol. The minimum atomic E-state index is 0.413. The van der Waals surface area contributed by atoms with E-state index in [2.05, 4.69) is 44.8 Å². The molecule has 0 aliphatic carbocycles. The van der Waals surface area contributed by atoms with Gasteiger partial charge in [-0.05, 0) is 57.9 Å². The molecule has 1 aliphatic rings. The van der Waals surface area contributed by atoms with Crippen LogP contribution in [0, 0.1) is 0 Å². The molecule has 2 aromatic rings. The Labute approximate surface area is 134 Å². The first-order valence-corrected chi connectivity index (χ1v) is 9.14. The monoisotopic (exact) mass is 373 g/mol. The number of halogens is 2. The second-order valence-electron chi connectivity index (χ2n) is 4.48. The Morgan fingerprint density at radius 3 is 3.05 bits per heavy atom. The Morgan fingerprint density at radius 2 is 2.26 bits per heavy atom. The average molecular weight is 375 g/mol. The number of thiophene rings is 1. The quantitative estimate of drug-likeness (QED) is 0.762. The Hall–Kier alpha value is -0.000000000000000111. The molecular formula is C14H13BrClNS2. The van der Waals surface area contributed by atoms with Gasteiger partial charge in [0.15, 0.2) is 0 Å². The van der Waals surface area contributed by atoms with E-state index in [0.717, 1.165) is 22.5 Å². The van der Waals surface area contributed by atoms with Crippen LogP contribution >= 0.6 is 50.6 Å². The summed E-state index contributed by atoms with van der Waals surface area (Å²) in [6.45, 7) is 0.914. The molecule has 1 atom stereocenters. The van der Waals surface area contributed by atoms with Crippen LogP contribution in [0.4, 0.5) is 0 Å². The third-order valence-electron chi connectivity index (χ3n) is 3.16. The number of rotatable bonds is 3. The van der Waals surface area contributed by atoms with Crippen molar-refractivity contribution >= 4 is 50.6 Å². The van der Waals surface area contributed by atoms with Crippen LogP contribution in [0.1, 0.15) is 22.9 Å². The highest BCUT2D eigenvalue weighted by Gasteiger charge is 2.20. The highest BCUT2D eigenvalue weighted by atomic mass is 79.9. The van der Waals surface area contributed by atoms with Gasteiger partial charge < -0.3 is 5.32 Å². The molecule has 1 aromatic heterocycles. The first kappa shape index (κ1) is 14.0. The fourth-order valence-electron chi connectivity index (χ4n) is 2.25. The summed E-state index contributed by atoms with van der Waals surface area (Å²) in [7, 11) is 0. The van der Waals surface area contributed by atoms with Crippen LogP contribution in [-0.4, -0.2) is 5.75 Å². The maximum atomic E-state index is 6.12. The summed E-state index contributed by atoms with van der Waals surface area (Å²) < 4.78 is 1.16. The summed E-state index contributed by atoms with van der Waals surface area (Å²) in [5.74, 6) is 1.17. The topological polar surface area (TPSA) is 12.0 Å². The molecule has 0 amide bonds. The van der Waals surface area contributed by atoms with E-state index < -0.39 is 0 Å². The van der Waals surface area contributed by atoms with Crippen LogP contribution in [0.25, 0.3) is 0 Å². The summed E-state index contributed by atoms with van der Waals surface area (Å²) >= 11 is 13.3. The lowest BCUT2D eigenvalue weighted by molar-refractivity contribution is 0.513. The van der Waals surface area contributed by atoms with Gasteiger partial charge in [-0.15, -0.1) is 23.1 Å². The van der Waals surface area contributed by atoms with Crippen molar-refractivity contribution < 1.29 is 0 Å². The van der Waals surface area contributed by atoms with Crippen molar-refractivity contribution in [3.63, 3.8) is 0 Å². The third-order valence-corrected chi connectivity index (χ3v) is 6.21.